The number of nitrogens with one attached hydrogen (secondary N) is 1. The number of ether oxygens (including phenoxy) is 1. The largest absolute Gasteiger partial charge is 0.377 e. The van der Waals surface area contributed by atoms with Crippen molar-refractivity contribution < 1.29 is 4.74 Å². The van der Waals surface area contributed by atoms with E-state index in [0.717, 1.165) is 23.8 Å². The number of nitrogens with zero attached hydrogens (tertiary/aromatic N) is 3. The lowest BCUT2D eigenvalue weighted by molar-refractivity contribution is 0.178. The normalized spacial score (nSPS) is 10.3. The van der Waals surface area contributed by atoms with Crippen molar-refractivity contribution in [1.29, 1.82) is 0 Å². The van der Waals surface area contributed by atoms with Crippen LogP contribution < -0.4 is 5.32 Å². The van der Waals surface area contributed by atoms with Crippen LogP contribution in [0, 0.1) is 0 Å². The van der Waals surface area contributed by atoms with E-state index in [0.29, 0.717) is 12.4 Å². The number of hydrogen-bond donors (Lipinski definition) is 1. The van der Waals surface area contributed by atoms with Crippen molar-refractivity contribution in [3.05, 3.63) is 36.3 Å². The Bertz CT molecular complexity index is 477. The quantitative estimate of drug-likeness (QED) is 0.873. The third-order valence-corrected chi connectivity index (χ3v) is 2.33. The molecule has 0 aliphatic heterocycles. The molecule has 0 fully saturated rings. The van der Waals surface area contributed by atoms with E-state index >= 15 is 0 Å². The zero-order valence-electron chi connectivity index (χ0n) is 10.6. The Balaban J connectivity index is 2.39. The molecule has 18 heavy (non-hydrogen) atoms. The van der Waals surface area contributed by atoms with Gasteiger partial charge in [0.05, 0.1) is 11.4 Å². The molecule has 0 aliphatic rings. The zero-order chi connectivity index (χ0) is 12.8. The topological polar surface area (TPSA) is 59.9 Å². The van der Waals surface area contributed by atoms with Gasteiger partial charge in [-0.2, -0.15) is 0 Å². The van der Waals surface area contributed by atoms with Crippen molar-refractivity contribution in [2.75, 3.05) is 19.0 Å². The van der Waals surface area contributed by atoms with Crippen molar-refractivity contribution in [2.45, 2.75) is 13.5 Å². The second-order valence-corrected chi connectivity index (χ2v) is 3.73. The Hall–Kier alpha value is -2.01. The third-order valence-electron chi connectivity index (χ3n) is 2.33. The highest BCUT2D eigenvalue weighted by atomic mass is 16.5. The van der Waals surface area contributed by atoms with E-state index in [4.69, 9.17) is 4.74 Å². The summed E-state index contributed by atoms with van der Waals surface area (Å²) in [4.78, 5) is 13.1. The molecule has 0 atom stereocenters. The third kappa shape index (κ3) is 3.01. The Labute approximate surface area is 106 Å². The van der Waals surface area contributed by atoms with Gasteiger partial charge < -0.3 is 10.1 Å². The summed E-state index contributed by atoms with van der Waals surface area (Å²) in [7, 11) is 1.63. The van der Waals surface area contributed by atoms with Crippen LogP contribution in [0.25, 0.3) is 11.4 Å². The first kappa shape index (κ1) is 12.4. The van der Waals surface area contributed by atoms with Crippen molar-refractivity contribution in [3.63, 3.8) is 0 Å². The van der Waals surface area contributed by atoms with Crippen LogP contribution in [0.3, 0.4) is 0 Å². The van der Waals surface area contributed by atoms with Crippen LogP contribution in [0.1, 0.15) is 12.7 Å². The molecule has 2 heterocycles. The molecule has 0 saturated carbocycles. The summed E-state index contributed by atoms with van der Waals surface area (Å²) in [6, 6.07) is 7.64. The van der Waals surface area contributed by atoms with Crippen LogP contribution in [0.2, 0.25) is 0 Å². The van der Waals surface area contributed by atoms with Crippen LogP contribution >= 0.6 is 0 Å². The predicted molar refractivity (Wildman–Crippen MR) is 70.1 cm³/mol. The fourth-order valence-corrected chi connectivity index (χ4v) is 1.61. The van der Waals surface area contributed by atoms with Gasteiger partial charge in [0.1, 0.15) is 12.4 Å². The Kier molecular flexibility index (Phi) is 4.20. The van der Waals surface area contributed by atoms with E-state index in [1.165, 1.54) is 0 Å². The molecule has 0 saturated heterocycles. The molecule has 2 aromatic heterocycles. The Morgan fingerprint density at radius 2 is 2.11 bits per heavy atom. The highest BCUT2D eigenvalue weighted by molar-refractivity contribution is 5.58. The summed E-state index contributed by atoms with van der Waals surface area (Å²) < 4.78 is 5.08. The minimum absolute atomic E-state index is 0.388. The van der Waals surface area contributed by atoms with Crippen LogP contribution in [-0.4, -0.2) is 28.6 Å². The van der Waals surface area contributed by atoms with Gasteiger partial charge in [0.2, 0.25) is 0 Å². The average molecular weight is 244 g/mol. The van der Waals surface area contributed by atoms with Gasteiger partial charge in [-0.1, -0.05) is 6.07 Å². The molecular formula is C13H16N4O. The lowest BCUT2D eigenvalue weighted by atomic mass is 10.2. The van der Waals surface area contributed by atoms with Crippen molar-refractivity contribution in [3.8, 4) is 11.4 Å². The molecular weight excluding hydrogens is 228 g/mol. The summed E-state index contributed by atoms with van der Waals surface area (Å²) in [5, 5.41) is 3.18. The molecule has 0 bridgehead atoms. The van der Waals surface area contributed by atoms with Gasteiger partial charge in [-0.3, -0.25) is 4.98 Å². The number of hydrogen-bond acceptors (Lipinski definition) is 5. The monoisotopic (exact) mass is 244 g/mol. The number of anilines is 1. The molecule has 0 unspecified atom stereocenters. The molecule has 5 nitrogen and oxygen atoms in total. The maximum Gasteiger partial charge on any atom is 0.157 e. The zero-order valence-corrected chi connectivity index (χ0v) is 10.6. The number of aromatic nitrogens is 3. The number of pyridine rings is 1. The molecule has 0 amide bonds. The number of rotatable bonds is 5. The average Bonchev–Trinajstić information content (AvgIpc) is 2.40. The smallest absolute Gasteiger partial charge is 0.157 e. The van der Waals surface area contributed by atoms with Crippen molar-refractivity contribution >= 4 is 5.82 Å². The molecule has 2 aromatic rings. The summed E-state index contributed by atoms with van der Waals surface area (Å²) in [5.74, 6) is 1.44. The maximum absolute atomic E-state index is 5.08. The first-order valence-electron chi connectivity index (χ1n) is 5.85. The summed E-state index contributed by atoms with van der Waals surface area (Å²) >= 11 is 0. The van der Waals surface area contributed by atoms with E-state index in [9.17, 15) is 0 Å². The van der Waals surface area contributed by atoms with Crippen molar-refractivity contribution in [2.24, 2.45) is 0 Å². The first-order valence-corrected chi connectivity index (χ1v) is 5.85. The minimum Gasteiger partial charge on any atom is -0.377 e. The molecule has 2 rings (SSSR count). The Morgan fingerprint density at radius 3 is 2.78 bits per heavy atom. The van der Waals surface area contributed by atoms with Gasteiger partial charge in [-0.25, -0.2) is 9.97 Å². The standard InChI is InChI=1S/C13H16N4O/c1-3-14-12-8-11(10-6-4-5-7-15-10)16-13(17-12)9-18-2/h4-8H,3,9H2,1-2H3,(H,14,16,17). The molecule has 0 aliphatic carbocycles. The second-order valence-electron chi connectivity index (χ2n) is 3.73. The SMILES string of the molecule is CCNc1cc(-c2ccccn2)nc(COC)n1. The fourth-order valence-electron chi connectivity index (χ4n) is 1.61. The van der Waals surface area contributed by atoms with E-state index in [-0.39, 0.29) is 0 Å². The maximum atomic E-state index is 5.08. The second kappa shape index (κ2) is 6.07. The predicted octanol–water partition coefficient (Wildman–Crippen LogP) is 2.12. The van der Waals surface area contributed by atoms with Crippen LogP contribution in [0.15, 0.2) is 30.5 Å². The summed E-state index contributed by atoms with van der Waals surface area (Å²) in [5.41, 5.74) is 1.63. The van der Waals surface area contributed by atoms with Crippen LogP contribution in [-0.2, 0) is 11.3 Å². The van der Waals surface area contributed by atoms with Crippen LogP contribution in [0.5, 0.6) is 0 Å². The van der Waals surface area contributed by atoms with E-state index < -0.39 is 0 Å². The van der Waals surface area contributed by atoms with Gasteiger partial charge in [0.15, 0.2) is 5.82 Å². The van der Waals surface area contributed by atoms with E-state index in [2.05, 4.69) is 20.3 Å². The van der Waals surface area contributed by atoms with Gasteiger partial charge in [0, 0.05) is 25.9 Å². The fraction of sp³-hybridized carbons (Fsp3) is 0.308. The van der Waals surface area contributed by atoms with Gasteiger partial charge in [-0.05, 0) is 19.1 Å². The molecule has 0 spiro atoms. The minimum atomic E-state index is 0.388. The first-order chi connectivity index (χ1) is 8.83. The van der Waals surface area contributed by atoms with Gasteiger partial charge in [0.25, 0.3) is 0 Å². The Morgan fingerprint density at radius 1 is 1.22 bits per heavy atom. The van der Waals surface area contributed by atoms with Crippen molar-refractivity contribution in [1.82, 2.24) is 15.0 Å². The van der Waals surface area contributed by atoms with E-state index in [1.807, 2.05) is 31.2 Å². The van der Waals surface area contributed by atoms with Crippen LogP contribution in [0.4, 0.5) is 5.82 Å². The van der Waals surface area contributed by atoms with Gasteiger partial charge in [-0.15, -0.1) is 0 Å². The molecule has 0 radical (unpaired) electrons. The lowest BCUT2D eigenvalue weighted by Gasteiger charge is -2.08. The highest BCUT2D eigenvalue weighted by Crippen LogP contribution is 2.17. The number of methoxy groups -OCH3 is 1. The summed E-state index contributed by atoms with van der Waals surface area (Å²) in [6.07, 6.45) is 1.75. The molecule has 94 valence electrons. The lowest BCUT2D eigenvalue weighted by Crippen LogP contribution is -2.05. The highest BCUT2D eigenvalue weighted by Gasteiger charge is 2.06. The molecule has 5 heteroatoms. The van der Waals surface area contributed by atoms with Gasteiger partial charge >= 0.3 is 0 Å². The summed E-state index contributed by atoms with van der Waals surface area (Å²) in [6.45, 7) is 3.22. The van der Waals surface area contributed by atoms with E-state index in [1.54, 1.807) is 13.3 Å². The molecule has 0 aromatic carbocycles. The molecule has 1 N–H and O–H groups in total.